The lowest BCUT2D eigenvalue weighted by Gasteiger charge is -2.33. The number of halogens is 1. The molecule has 0 aliphatic carbocycles. The Labute approximate surface area is 113 Å². The molecule has 106 valence electrons. The van der Waals surface area contributed by atoms with Crippen LogP contribution < -0.4 is 0 Å². The highest BCUT2D eigenvalue weighted by Crippen LogP contribution is 2.27. The van der Waals surface area contributed by atoms with E-state index in [1.807, 2.05) is 6.92 Å². The molecule has 6 heteroatoms. The van der Waals surface area contributed by atoms with Gasteiger partial charge in [-0.2, -0.15) is 4.31 Å². The van der Waals surface area contributed by atoms with E-state index in [0.717, 1.165) is 0 Å². The third kappa shape index (κ3) is 2.66. The zero-order chi connectivity index (χ0) is 14.2. The van der Waals surface area contributed by atoms with Gasteiger partial charge in [0.05, 0.1) is 18.1 Å². The van der Waals surface area contributed by atoms with Crippen molar-refractivity contribution in [2.24, 2.45) is 0 Å². The van der Waals surface area contributed by atoms with Crippen LogP contribution in [-0.4, -0.2) is 38.5 Å². The van der Waals surface area contributed by atoms with Crippen molar-refractivity contribution in [3.05, 3.63) is 29.1 Å². The van der Waals surface area contributed by atoms with Gasteiger partial charge in [0.25, 0.3) is 0 Å². The summed E-state index contributed by atoms with van der Waals surface area (Å²) in [5, 5.41) is 0. The highest BCUT2D eigenvalue weighted by atomic mass is 32.2. The minimum atomic E-state index is -3.60. The van der Waals surface area contributed by atoms with Crippen LogP contribution in [0.1, 0.15) is 18.1 Å². The predicted molar refractivity (Wildman–Crippen MR) is 70.0 cm³/mol. The monoisotopic (exact) mass is 287 g/mol. The molecule has 0 radical (unpaired) electrons. The molecule has 1 aliphatic heterocycles. The highest BCUT2D eigenvalue weighted by Gasteiger charge is 2.33. The van der Waals surface area contributed by atoms with E-state index in [1.165, 1.54) is 16.4 Å². The normalized spacial score (nSPS) is 21.6. The van der Waals surface area contributed by atoms with E-state index >= 15 is 0 Å². The third-order valence-corrected chi connectivity index (χ3v) is 5.62. The van der Waals surface area contributed by atoms with Crippen LogP contribution in [0.5, 0.6) is 0 Å². The largest absolute Gasteiger partial charge is 0.378 e. The van der Waals surface area contributed by atoms with Gasteiger partial charge in [0.2, 0.25) is 10.0 Å². The summed E-state index contributed by atoms with van der Waals surface area (Å²) in [6, 6.07) is 2.30. The lowest BCUT2D eigenvalue weighted by molar-refractivity contribution is 0.0392. The van der Waals surface area contributed by atoms with Crippen LogP contribution in [0.3, 0.4) is 0 Å². The molecular weight excluding hydrogens is 269 g/mol. The summed E-state index contributed by atoms with van der Waals surface area (Å²) in [5.74, 6) is -0.413. The molecule has 0 spiro atoms. The Morgan fingerprint density at radius 2 is 1.89 bits per heavy atom. The fourth-order valence-electron chi connectivity index (χ4n) is 2.49. The molecule has 1 atom stereocenters. The Hall–Kier alpha value is -0.980. The second kappa shape index (κ2) is 5.19. The second-order valence-corrected chi connectivity index (χ2v) is 6.74. The van der Waals surface area contributed by atoms with Gasteiger partial charge in [-0.25, -0.2) is 12.8 Å². The van der Waals surface area contributed by atoms with Gasteiger partial charge in [-0.3, -0.25) is 0 Å². The summed E-state index contributed by atoms with van der Waals surface area (Å²) >= 11 is 0. The van der Waals surface area contributed by atoms with Gasteiger partial charge in [-0.1, -0.05) is 0 Å². The maximum atomic E-state index is 13.3. The van der Waals surface area contributed by atoms with Crippen molar-refractivity contribution in [2.75, 3.05) is 19.8 Å². The number of rotatable bonds is 2. The standard InChI is InChI=1S/C13H18FNO3S/c1-9-6-12(14)7-10(2)13(9)19(16,17)15-4-5-18-8-11(15)3/h6-7,11H,4-5,8H2,1-3H3. The molecule has 1 aromatic carbocycles. The topological polar surface area (TPSA) is 46.6 Å². The molecule has 1 saturated heterocycles. The van der Waals surface area contributed by atoms with Gasteiger partial charge < -0.3 is 4.74 Å². The maximum Gasteiger partial charge on any atom is 0.244 e. The van der Waals surface area contributed by atoms with Gasteiger partial charge >= 0.3 is 0 Å². The molecule has 0 saturated carbocycles. The molecule has 2 rings (SSSR count). The molecule has 1 fully saturated rings. The van der Waals surface area contributed by atoms with E-state index in [1.54, 1.807) is 13.8 Å². The van der Waals surface area contributed by atoms with Crippen molar-refractivity contribution in [3.63, 3.8) is 0 Å². The zero-order valence-corrected chi connectivity index (χ0v) is 12.1. The average Bonchev–Trinajstić information content (AvgIpc) is 2.27. The minimum absolute atomic E-state index is 0.206. The fraction of sp³-hybridized carbons (Fsp3) is 0.538. The van der Waals surface area contributed by atoms with Crippen molar-refractivity contribution in [2.45, 2.75) is 31.7 Å². The lowest BCUT2D eigenvalue weighted by Crippen LogP contribution is -2.47. The van der Waals surface area contributed by atoms with E-state index in [2.05, 4.69) is 0 Å². The lowest BCUT2D eigenvalue weighted by atomic mass is 10.1. The van der Waals surface area contributed by atoms with E-state index in [4.69, 9.17) is 4.74 Å². The van der Waals surface area contributed by atoms with Crippen LogP contribution in [0.15, 0.2) is 17.0 Å². The Kier molecular flexibility index (Phi) is 3.94. The summed E-state index contributed by atoms with van der Waals surface area (Å²) in [5.41, 5.74) is 0.882. The summed E-state index contributed by atoms with van der Waals surface area (Å²) < 4.78 is 45.4. The van der Waals surface area contributed by atoms with Crippen molar-refractivity contribution in [1.82, 2.24) is 4.31 Å². The fourth-order valence-corrected chi connectivity index (χ4v) is 4.51. The summed E-state index contributed by atoms with van der Waals surface area (Å²) in [6.07, 6.45) is 0. The molecular formula is C13H18FNO3S. The molecule has 0 N–H and O–H groups in total. The number of nitrogens with zero attached hydrogens (tertiary/aromatic N) is 1. The predicted octanol–water partition coefficient (Wildman–Crippen LogP) is 1.85. The summed E-state index contributed by atoms with van der Waals surface area (Å²) in [4.78, 5) is 0.211. The second-order valence-electron chi connectivity index (χ2n) is 4.91. The Bertz CT molecular complexity index is 563. The van der Waals surface area contributed by atoms with E-state index in [0.29, 0.717) is 30.9 Å². The Morgan fingerprint density at radius 1 is 1.32 bits per heavy atom. The minimum Gasteiger partial charge on any atom is -0.378 e. The molecule has 0 bridgehead atoms. The zero-order valence-electron chi connectivity index (χ0n) is 11.3. The number of aryl methyl sites for hydroxylation is 2. The number of sulfonamides is 1. The molecule has 4 nitrogen and oxygen atoms in total. The third-order valence-electron chi connectivity index (χ3n) is 3.30. The quantitative estimate of drug-likeness (QED) is 0.834. The van der Waals surface area contributed by atoms with Gasteiger partial charge in [0, 0.05) is 12.6 Å². The van der Waals surface area contributed by atoms with Crippen LogP contribution in [0, 0.1) is 19.7 Å². The van der Waals surface area contributed by atoms with Gasteiger partial charge in [0.1, 0.15) is 5.82 Å². The molecule has 1 unspecified atom stereocenters. The van der Waals surface area contributed by atoms with Gasteiger partial charge in [-0.15, -0.1) is 0 Å². The molecule has 0 aromatic heterocycles. The van der Waals surface area contributed by atoms with Crippen LogP contribution in [-0.2, 0) is 14.8 Å². The van der Waals surface area contributed by atoms with Gasteiger partial charge in [-0.05, 0) is 44.0 Å². The van der Waals surface area contributed by atoms with Crippen molar-refractivity contribution in [3.8, 4) is 0 Å². The summed E-state index contributed by atoms with van der Waals surface area (Å²) in [6.45, 7) is 6.16. The molecule has 1 aromatic rings. The SMILES string of the molecule is Cc1cc(F)cc(C)c1S(=O)(=O)N1CCOCC1C. The molecule has 0 amide bonds. The van der Waals surface area contributed by atoms with E-state index in [-0.39, 0.29) is 10.9 Å². The van der Waals surface area contributed by atoms with Crippen molar-refractivity contribution < 1.29 is 17.5 Å². The van der Waals surface area contributed by atoms with Crippen LogP contribution >= 0.6 is 0 Å². The first-order valence-corrected chi connectivity index (χ1v) is 7.64. The van der Waals surface area contributed by atoms with Crippen LogP contribution in [0.4, 0.5) is 4.39 Å². The molecule has 1 heterocycles. The Morgan fingerprint density at radius 3 is 2.42 bits per heavy atom. The molecule has 1 aliphatic rings. The number of hydrogen-bond donors (Lipinski definition) is 0. The average molecular weight is 287 g/mol. The highest BCUT2D eigenvalue weighted by molar-refractivity contribution is 7.89. The Balaban J connectivity index is 2.50. The first-order valence-electron chi connectivity index (χ1n) is 6.20. The number of hydrogen-bond acceptors (Lipinski definition) is 3. The van der Waals surface area contributed by atoms with Crippen molar-refractivity contribution >= 4 is 10.0 Å². The number of ether oxygens (including phenoxy) is 1. The van der Waals surface area contributed by atoms with Crippen LogP contribution in [0.25, 0.3) is 0 Å². The first-order chi connectivity index (χ1) is 8.84. The summed E-state index contributed by atoms with van der Waals surface area (Å²) in [7, 11) is -3.60. The number of benzene rings is 1. The maximum absolute atomic E-state index is 13.3. The smallest absolute Gasteiger partial charge is 0.244 e. The van der Waals surface area contributed by atoms with E-state index in [9.17, 15) is 12.8 Å². The number of morpholine rings is 1. The first kappa shape index (κ1) is 14.4. The van der Waals surface area contributed by atoms with Gasteiger partial charge in [0.15, 0.2) is 0 Å². The van der Waals surface area contributed by atoms with Crippen LogP contribution in [0.2, 0.25) is 0 Å². The molecule has 19 heavy (non-hydrogen) atoms. The van der Waals surface area contributed by atoms with E-state index < -0.39 is 15.8 Å². The van der Waals surface area contributed by atoms with Crippen molar-refractivity contribution in [1.29, 1.82) is 0 Å².